The van der Waals surface area contributed by atoms with E-state index in [1.807, 2.05) is 30.3 Å². The third-order valence-corrected chi connectivity index (χ3v) is 4.54. The van der Waals surface area contributed by atoms with Crippen LogP contribution in [-0.4, -0.2) is 29.7 Å². The van der Waals surface area contributed by atoms with Crippen LogP contribution < -0.4 is 10.6 Å². The molecule has 3 amide bonds. The van der Waals surface area contributed by atoms with Gasteiger partial charge in [0.25, 0.3) is 0 Å². The Kier molecular flexibility index (Phi) is 5.02. The zero-order valence-corrected chi connectivity index (χ0v) is 14.7. The quantitative estimate of drug-likeness (QED) is 0.889. The highest BCUT2D eigenvalue weighted by atomic mass is 16.2. The second kappa shape index (κ2) is 7.39. The summed E-state index contributed by atoms with van der Waals surface area (Å²) in [4.78, 5) is 37.7. The van der Waals surface area contributed by atoms with Crippen molar-refractivity contribution in [3.05, 3.63) is 60.2 Å². The van der Waals surface area contributed by atoms with E-state index in [1.165, 1.54) is 6.92 Å². The van der Waals surface area contributed by atoms with Crippen LogP contribution >= 0.6 is 0 Å². The number of hydrogen-bond donors (Lipinski definition) is 2. The Morgan fingerprint density at radius 1 is 0.962 bits per heavy atom. The van der Waals surface area contributed by atoms with Gasteiger partial charge in [0, 0.05) is 31.8 Å². The molecule has 3 rings (SSSR count). The minimum absolute atomic E-state index is 0.0417. The fraction of sp³-hybridized carbons (Fsp3) is 0.250. The molecule has 2 aromatic carbocycles. The van der Waals surface area contributed by atoms with Gasteiger partial charge in [-0.2, -0.15) is 0 Å². The van der Waals surface area contributed by atoms with Crippen molar-refractivity contribution in [3.63, 3.8) is 0 Å². The highest BCUT2D eigenvalue weighted by molar-refractivity contribution is 5.98. The minimum Gasteiger partial charge on any atom is -0.338 e. The Labute approximate surface area is 152 Å². The zero-order chi connectivity index (χ0) is 18.7. The molecule has 2 aromatic rings. The van der Waals surface area contributed by atoms with Crippen LogP contribution in [0.1, 0.15) is 24.9 Å². The predicted molar refractivity (Wildman–Crippen MR) is 99.4 cm³/mol. The van der Waals surface area contributed by atoms with Gasteiger partial charge in [-0.15, -0.1) is 0 Å². The Hall–Kier alpha value is -3.15. The summed E-state index contributed by atoms with van der Waals surface area (Å²) >= 11 is 0. The lowest BCUT2D eigenvalue weighted by atomic mass is 9.93. The second-order valence-electron chi connectivity index (χ2n) is 6.42. The number of nitrogens with zero attached hydrogens (tertiary/aromatic N) is 1. The molecule has 2 N–H and O–H groups in total. The summed E-state index contributed by atoms with van der Waals surface area (Å²) < 4.78 is 0. The van der Waals surface area contributed by atoms with Crippen molar-refractivity contribution >= 4 is 29.1 Å². The van der Waals surface area contributed by atoms with Crippen LogP contribution in [0.5, 0.6) is 0 Å². The molecule has 0 aromatic heterocycles. The topological polar surface area (TPSA) is 78.5 Å². The molecule has 2 unspecified atom stereocenters. The average Bonchev–Trinajstić information content (AvgIpc) is 2.92. The highest BCUT2D eigenvalue weighted by Crippen LogP contribution is 2.37. The molecule has 0 saturated carbocycles. The van der Waals surface area contributed by atoms with Gasteiger partial charge in [0.1, 0.15) is 0 Å². The SMILES string of the molecule is CC(=O)Nc1ccc(NC(=O)C2CC(=O)N(C)C2c2ccccc2)cc1. The molecule has 134 valence electrons. The maximum Gasteiger partial charge on any atom is 0.230 e. The average molecular weight is 351 g/mol. The summed E-state index contributed by atoms with van der Waals surface area (Å²) in [5, 5.41) is 5.55. The number of carbonyl (C=O) groups excluding carboxylic acids is 3. The number of anilines is 2. The van der Waals surface area contributed by atoms with Crippen LogP contribution in [-0.2, 0) is 14.4 Å². The number of benzene rings is 2. The standard InChI is InChI=1S/C20H21N3O3/c1-13(24)21-15-8-10-16(11-9-15)22-20(26)17-12-18(25)23(2)19(17)14-6-4-3-5-7-14/h3-11,17,19H,12H2,1-2H3,(H,21,24)(H,22,26). The van der Waals surface area contributed by atoms with Crippen LogP contribution in [0.15, 0.2) is 54.6 Å². The first-order chi connectivity index (χ1) is 12.5. The van der Waals surface area contributed by atoms with E-state index in [9.17, 15) is 14.4 Å². The summed E-state index contributed by atoms with van der Waals surface area (Å²) in [5.74, 6) is -0.839. The first-order valence-corrected chi connectivity index (χ1v) is 8.45. The van der Waals surface area contributed by atoms with Crippen molar-refractivity contribution in [1.82, 2.24) is 4.90 Å². The zero-order valence-electron chi connectivity index (χ0n) is 14.7. The molecule has 2 atom stereocenters. The Morgan fingerprint density at radius 3 is 2.12 bits per heavy atom. The number of hydrogen-bond acceptors (Lipinski definition) is 3. The predicted octanol–water partition coefficient (Wildman–Crippen LogP) is 2.80. The van der Waals surface area contributed by atoms with E-state index in [-0.39, 0.29) is 30.2 Å². The number of likely N-dealkylation sites (tertiary alicyclic amines) is 1. The van der Waals surface area contributed by atoms with Crippen molar-refractivity contribution in [2.45, 2.75) is 19.4 Å². The van der Waals surface area contributed by atoms with Gasteiger partial charge in [0.05, 0.1) is 12.0 Å². The van der Waals surface area contributed by atoms with Crippen molar-refractivity contribution in [3.8, 4) is 0 Å². The van der Waals surface area contributed by atoms with E-state index in [2.05, 4.69) is 10.6 Å². The summed E-state index contributed by atoms with van der Waals surface area (Å²) in [6.07, 6.45) is 0.186. The number of rotatable bonds is 4. The summed E-state index contributed by atoms with van der Waals surface area (Å²) in [6.45, 7) is 1.44. The molecule has 1 fully saturated rings. The van der Waals surface area contributed by atoms with E-state index in [4.69, 9.17) is 0 Å². The van der Waals surface area contributed by atoms with Gasteiger partial charge in [-0.05, 0) is 29.8 Å². The molecule has 6 heteroatoms. The lowest BCUT2D eigenvalue weighted by Gasteiger charge is -2.25. The fourth-order valence-electron chi connectivity index (χ4n) is 3.29. The van der Waals surface area contributed by atoms with E-state index in [0.29, 0.717) is 11.4 Å². The van der Waals surface area contributed by atoms with Crippen molar-refractivity contribution in [1.29, 1.82) is 0 Å². The van der Waals surface area contributed by atoms with Gasteiger partial charge in [-0.25, -0.2) is 0 Å². The molecule has 1 saturated heterocycles. The normalized spacial score (nSPS) is 19.3. The monoisotopic (exact) mass is 351 g/mol. The number of nitrogens with one attached hydrogen (secondary N) is 2. The van der Waals surface area contributed by atoms with Gasteiger partial charge in [-0.3, -0.25) is 14.4 Å². The maximum absolute atomic E-state index is 12.8. The van der Waals surface area contributed by atoms with Crippen molar-refractivity contribution < 1.29 is 14.4 Å². The van der Waals surface area contributed by atoms with E-state index >= 15 is 0 Å². The van der Waals surface area contributed by atoms with Gasteiger partial charge in [0.15, 0.2) is 0 Å². The van der Waals surface area contributed by atoms with Crippen LogP contribution in [0.3, 0.4) is 0 Å². The van der Waals surface area contributed by atoms with Crippen molar-refractivity contribution in [2.24, 2.45) is 5.92 Å². The summed E-state index contributed by atoms with van der Waals surface area (Å²) in [6, 6.07) is 16.2. The van der Waals surface area contributed by atoms with Crippen LogP contribution in [0, 0.1) is 5.92 Å². The molecular weight excluding hydrogens is 330 g/mol. The molecule has 0 aliphatic carbocycles. The van der Waals surface area contributed by atoms with E-state index < -0.39 is 5.92 Å². The molecule has 1 aliphatic heterocycles. The first-order valence-electron chi connectivity index (χ1n) is 8.45. The maximum atomic E-state index is 12.8. The van der Waals surface area contributed by atoms with Gasteiger partial charge < -0.3 is 15.5 Å². The van der Waals surface area contributed by atoms with E-state index in [0.717, 1.165) is 5.56 Å². The lowest BCUT2D eigenvalue weighted by Crippen LogP contribution is -2.30. The van der Waals surface area contributed by atoms with Crippen LogP contribution in [0.2, 0.25) is 0 Å². The van der Waals surface area contributed by atoms with Crippen LogP contribution in [0.25, 0.3) is 0 Å². The Balaban J connectivity index is 1.75. The van der Waals surface area contributed by atoms with E-state index in [1.54, 1.807) is 36.2 Å². The molecular formula is C20H21N3O3. The third-order valence-electron chi connectivity index (χ3n) is 4.54. The molecule has 0 spiro atoms. The highest BCUT2D eigenvalue weighted by Gasteiger charge is 2.42. The van der Waals surface area contributed by atoms with Crippen LogP contribution in [0.4, 0.5) is 11.4 Å². The molecule has 0 radical (unpaired) electrons. The van der Waals surface area contributed by atoms with Gasteiger partial charge in [0.2, 0.25) is 17.7 Å². The third kappa shape index (κ3) is 3.74. The fourth-order valence-corrected chi connectivity index (χ4v) is 3.29. The smallest absolute Gasteiger partial charge is 0.230 e. The van der Waals surface area contributed by atoms with Gasteiger partial charge in [-0.1, -0.05) is 30.3 Å². The molecule has 1 heterocycles. The lowest BCUT2D eigenvalue weighted by molar-refractivity contribution is -0.128. The second-order valence-corrected chi connectivity index (χ2v) is 6.42. The first kappa shape index (κ1) is 17.7. The summed E-state index contributed by atoms with van der Waals surface area (Å²) in [5.41, 5.74) is 2.23. The Bertz CT molecular complexity index is 818. The molecule has 1 aliphatic rings. The molecule has 26 heavy (non-hydrogen) atoms. The number of amides is 3. The van der Waals surface area contributed by atoms with Gasteiger partial charge >= 0.3 is 0 Å². The largest absolute Gasteiger partial charge is 0.338 e. The molecule has 6 nitrogen and oxygen atoms in total. The van der Waals surface area contributed by atoms with Crippen molar-refractivity contribution in [2.75, 3.05) is 17.7 Å². The summed E-state index contributed by atoms with van der Waals surface area (Å²) in [7, 11) is 1.73. The Morgan fingerprint density at radius 2 is 1.54 bits per heavy atom. The number of carbonyl (C=O) groups is 3. The minimum atomic E-state index is -0.454. The molecule has 0 bridgehead atoms.